The van der Waals surface area contributed by atoms with E-state index in [1.54, 1.807) is 0 Å². The number of rotatable bonds is 7. The van der Waals surface area contributed by atoms with Crippen LogP contribution in [0, 0.1) is 0 Å². The van der Waals surface area contributed by atoms with E-state index in [1.807, 2.05) is 24.3 Å². The van der Waals surface area contributed by atoms with Gasteiger partial charge in [0.2, 0.25) is 0 Å². The Labute approximate surface area is 107 Å². The molecule has 0 spiro atoms. The lowest BCUT2D eigenvalue weighted by atomic mass is 10.1. The number of nitrogens with zero attached hydrogens (tertiary/aromatic N) is 3. The fourth-order valence-corrected chi connectivity index (χ4v) is 1.57. The van der Waals surface area contributed by atoms with Gasteiger partial charge in [0.05, 0.1) is 0 Å². The first-order valence-electron chi connectivity index (χ1n) is 6.16. The van der Waals surface area contributed by atoms with Crippen LogP contribution >= 0.6 is 0 Å². The number of hydrogen-bond acceptors (Lipinski definition) is 2. The number of benzene rings is 1. The summed E-state index contributed by atoms with van der Waals surface area (Å²) in [4.78, 5) is 14.3. The lowest BCUT2D eigenvalue weighted by Crippen LogP contribution is -2.25. The predicted molar refractivity (Wildman–Crippen MR) is 71.4 cm³/mol. The Kier molecular flexibility index (Phi) is 6.36. The zero-order chi connectivity index (χ0) is 13.2. The molecule has 0 unspecified atom stereocenters. The Morgan fingerprint density at radius 2 is 2.11 bits per heavy atom. The zero-order valence-corrected chi connectivity index (χ0v) is 10.6. The van der Waals surface area contributed by atoms with Crippen LogP contribution in [-0.4, -0.2) is 19.0 Å². The van der Waals surface area contributed by atoms with Crippen LogP contribution in [0.3, 0.4) is 0 Å². The second kappa shape index (κ2) is 8.14. The number of carbonyl (C=O) groups is 1. The lowest BCUT2D eigenvalue weighted by Gasteiger charge is -2.04. The highest BCUT2D eigenvalue weighted by molar-refractivity contribution is 5.94. The SMILES string of the molecule is CCCCc1ccc(C(=O)NCCN=[N+]=[N-])cc1. The van der Waals surface area contributed by atoms with Gasteiger partial charge in [-0.3, -0.25) is 4.79 Å². The van der Waals surface area contributed by atoms with Crippen LogP contribution in [0.15, 0.2) is 29.4 Å². The highest BCUT2D eigenvalue weighted by Gasteiger charge is 2.03. The normalized spacial score (nSPS) is 9.61. The van der Waals surface area contributed by atoms with Crippen molar-refractivity contribution in [3.05, 3.63) is 45.8 Å². The smallest absolute Gasteiger partial charge is 0.251 e. The van der Waals surface area contributed by atoms with Crippen molar-refractivity contribution in [2.75, 3.05) is 13.1 Å². The fraction of sp³-hybridized carbons (Fsp3) is 0.462. The summed E-state index contributed by atoms with van der Waals surface area (Å²) in [7, 11) is 0. The fourth-order valence-electron chi connectivity index (χ4n) is 1.57. The van der Waals surface area contributed by atoms with Crippen LogP contribution < -0.4 is 5.32 Å². The Morgan fingerprint density at radius 3 is 2.72 bits per heavy atom. The monoisotopic (exact) mass is 246 g/mol. The number of azide groups is 1. The molecule has 0 aliphatic rings. The molecule has 5 heteroatoms. The molecule has 0 saturated carbocycles. The molecule has 1 aromatic carbocycles. The lowest BCUT2D eigenvalue weighted by molar-refractivity contribution is 0.0955. The number of amides is 1. The predicted octanol–water partition coefficient (Wildman–Crippen LogP) is 3.07. The first-order valence-corrected chi connectivity index (χ1v) is 6.16. The van der Waals surface area contributed by atoms with E-state index >= 15 is 0 Å². The van der Waals surface area contributed by atoms with Crippen molar-refractivity contribution in [3.8, 4) is 0 Å². The molecule has 0 fully saturated rings. The Hall–Kier alpha value is -2.00. The molecule has 0 saturated heterocycles. The van der Waals surface area contributed by atoms with Crippen LogP contribution in [0.4, 0.5) is 0 Å². The third-order valence-electron chi connectivity index (χ3n) is 2.60. The van der Waals surface area contributed by atoms with Gasteiger partial charge in [0.1, 0.15) is 0 Å². The quantitative estimate of drug-likeness (QED) is 0.341. The van der Waals surface area contributed by atoms with Gasteiger partial charge in [-0.2, -0.15) is 0 Å². The van der Waals surface area contributed by atoms with E-state index in [2.05, 4.69) is 22.3 Å². The van der Waals surface area contributed by atoms with Gasteiger partial charge in [-0.05, 0) is 36.1 Å². The molecule has 1 aromatic rings. The molecule has 5 nitrogen and oxygen atoms in total. The van der Waals surface area contributed by atoms with Gasteiger partial charge < -0.3 is 5.32 Å². The highest BCUT2D eigenvalue weighted by atomic mass is 16.1. The third-order valence-corrected chi connectivity index (χ3v) is 2.60. The number of unbranched alkanes of at least 4 members (excludes halogenated alkanes) is 1. The molecule has 18 heavy (non-hydrogen) atoms. The molecule has 0 aromatic heterocycles. The van der Waals surface area contributed by atoms with Crippen LogP contribution in [0.25, 0.3) is 10.4 Å². The van der Waals surface area contributed by atoms with Gasteiger partial charge in [0.25, 0.3) is 5.91 Å². The Balaban J connectivity index is 2.45. The number of aryl methyl sites for hydroxylation is 1. The molecule has 0 atom stereocenters. The van der Waals surface area contributed by atoms with Crippen molar-refractivity contribution in [2.45, 2.75) is 26.2 Å². The summed E-state index contributed by atoms with van der Waals surface area (Å²) in [6.07, 6.45) is 3.38. The summed E-state index contributed by atoms with van der Waals surface area (Å²) in [5.41, 5.74) is 9.98. The van der Waals surface area contributed by atoms with Crippen LogP contribution in [0.2, 0.25) is 0 Å². The molecule has 0 bridgehead atoms. The third kappa shape index (κ3) is 4.89. The number of hydrogen-bond donors (Lipinski definition) is 1. The first kappa shape index (κ1) is 14.1. The van der Waals surface area contributed by atoms with Crippen LogP contribution in [-0.2, 0) is 6.42 Å². The maximum atomic E-state index is 11.7. The van der Waals surface area contributed by atoms with E-state index in [4.69, 9.17) is 5.53 Å². The van der Waals surface area contributed by atoms with Gasteiger partial charge in [-0.25, -0.2) is 0 Å². The van der Waals surface area contributed by atoms with E-state index in [9.17, 15) is 4.79 Å². The molecule has 96 valence electrons. The average molecular weight is 246 g/mol. The molecular weight excluding hydrogens is 228 g/mol. The van der Waals surface area contributed by atoms with Crippen molar-refractivity contribution >= 4 is 5.91 Å². The highest BCUT2D eigenvalue weighted by Crippen LogP contribution is 2.07. The summed E-state index contributed by atoms with van der Waals surface area (Å²) in [5.74, 6) is -0.134. The molecule has 0 radical (unpaired) electrons. The first-order chi connectivity index (χ1) is 8.77. The molecule has 0 heterocycles. The van der Waals surface area contributed by atoms with Gasteiger partial charge in [0.15, 0.2) is 0 Å². The van der Waals surface area contributed by atoms with E-state index in [0.29, 0.717) is 12.1 Å². The average Bonchev–Trinajstić information content (AvgIpc) is 2.41. The maximum Gasteiger partial charge on any atom is 0.251 e. The van der Waals surface area contributed by atoms with Crippen molar-refractivity contribution in [1.82, 2.24) is 5.32 Å². The Bertz CT molecular complexity index is 421. The largest absolute Gasteiger partial charge is 0.352 e. The van der Waals surface area contributed by atoms with E-state index in [0.717, 1.165) is 12.8 Å². The second-order valence-corrected chi connectivity index (χ2v) is 4.01. The van der Waals surface area contributed by atoms with Gasteiger partial charge in [-0.15, -0.1) is 0 Å². The summed E-state index contributed by atoms with van der Waals surface area (Å²) < 4.78 is 0. The summed E-state index contributed by atoms with van der Waals surface area (Å²) in [6, 6.07) is 7.62. The molecule has 0 aliphatic heterocycles. The van der Waals surface area contributed by atoms with Crippen molar-refractivity contribution in [1.29, 1.82) is 0 Å². The van der Waals surface area contributed by atoms with Crippen molar-refractivity contribution in [3.63, 3.8) is 0 Å². The number of carbonyl (C=O) groups excluding carboxylic acids is 1. The molecule has 1 amide bonds. The minimum Gasteiger partial charge on any atom is -0.352 e. The summed E-state index contributed by atoms with van der Waals surface area (Å²) >= 11 is 0. The van der Waals surface area contributed by atoms with Gasteiger partial charge in [-0.1, -0.05) is 30.6 Å². The van der Waals surface area contributed by atoms with Gasteiger partial charge >= 0.3 is 0 Å². The molecule has 0 aliphatic carbocycles. The minimum atomic E-state index is -0.134. The van der Waals surface area contributed by atoms with Crippen LogP contribution in [0.5, 0.6) is 0 Å². The summed E-state index contributed by atoms with van der Waals surface area (Å²) in [6.45, 7) is 2.79. The Morgan fingerprint density at radius 1 is 1.39 bits per heavy atom. The van der Waals surface area contributed by atoms with Gasteiger partial charge in [0, 0.05) is 23.6 Å². The van der Waals surface area contributed by atoms with E-state index in [1.165, 1.54) is 12.0 Å². The summed E-state index contributed by atoms with van der Waals surface area (Å²) in [5, 5.41) is 6.04. The van der Waals surface area contributed by atoms with Crippen molar-refractivity contribution < 1.29 is 4.79 Å². The standard InChI is InChI=1S/C13H18N4O/c1-2-3-4-11-5-7-12(8-6-11)13(18)15-9-10-16-17-14/h5-8H,2-4,9-10H2,1H3,(H,15,18). The zero-order valence-electron chi connectivity index (χ0n) is 10.6. The minimum absolute atomic E-state index is 0.134. The maximum absolute atomic E-state index is 11.7. The van der Waals surface area contributed by atoms with Crippen molar-refractivity contribution in [2.24, 2.45) is 5.11 Å². The number of nitrogens with one attached hydrogen (secondary N) is 1. The molecular formula is C13H18N4O. The molecule has 1 rings (SSSR count). The van der Waals surface area contributed by atoms with E-state index < -0.39 is 0 Å². The topological polar surface area (TPSA) is 77.9 Å². The second-order valence-electron chi connectivity index (χ2n) is 4.01. The van der Waals surface area contributed by atoms with Crippen LogP contribution in [0.1, 0.15) is 35.7 Å². The van der Waals surface area contributed by atoms with E-state index in [-0.39, 0.29) is 12.5 Å². The molecule has 1 N–H and O–H groups in total.